The summed E-state index contributed by atoms with van der Waals surface area (Å²) >= 11 is 3.66. The van der Waals surface area contributed by atoms with E-state index in [1.54, 1.807) is 0 Å². The Bertz CT molecular complexity index is 7470. The van der Waals surface area contributed by atoms with Crippen molar-refractivity contribution in [2.24, 2.45) is 0 Å². The average Bonchev–Trinajstić information content (AvgIpc) is 1.73. The summed E-state index contributed by atoms with van der Waals surface area (Å²) in [4.78, 5) is 2.45. The number of furan rings is 2. The lowest BCUT2D eigenvalue weighted by Crippen LogP contribution is -2.12. The number of rotatable bonds is 13. The van der Waals surface area contributed by atoms with Crippen molar-refractivity contribution in [3.8, 4) is 89.0 Å². The van der Waals surface area contributed by atoms with Crippen LogP contribution in [0.5, 0.6) is 0 Å². The molecule has 22 rings (SSSR count). The first-order valence-corrected chi connectivity index (χ1v) is 40.5. The first kappa shape index (κ1) is 71.2. The monoisotopic (exact) mass is 1560 g/mol. The van der Waals surface area contributed by atoms with Gasteiger partial charge in [0.25, 0.3) is 0 Å². The summed E-state index contributed by atoms with van der Waals surface area (Å²) < 4.78 is 13.8. The molecule has 0 bridgehead atoms. The highest BCUT2D eigenvalue weighted by atomic mass is 79.9. The average molecular weight is 1560 g/mol. The van der Waals surface area contributed by atoms with E-state index < -0.39 is 0 Å². The van der Waals surface area contributed by atoms with E-state index >= 15 is 0 Å². The molecule has 1 N–H and O–H groups in total. The molecule has 22 aromatic rings. The standard InChI is InChI=1S/C56H37NO.C32H23N.C24H15BrO/c1-3-24-44-38(16-1)18-13-29-46(44)42-22-12-23-43(37-42)57(54-34-9-6-27-50(54)49-31-14-19-39-17-2-4-25-45(39)49)53-33-8-5-26-47(53)40-20-11-21-41(36-40)48-30-15-32-52-51-28-7-10-35-55(51)58-56(48)52;1-3-16-27-23(10-1)12-8-19-29(27)25-14-7-15-26(22-25)33-32-21-6-5-18-31(32)30-20-9-13-24-11-2-4-17-28(24)30;25-22-13-3-1-9-18(22)16-7-5-8-17(15-16)19-11-6-12-21-20-10-2-4-14-23(20)26-24(19)21/h1-37H;1-22,33H;1-15H. The number of halogens is 1. The summed E-state index contributed by atoms with van der Waals surface area (Å²) in [6.07, 6.45) is 0. The number of para-hydroxylation sites is 7. The summed E-state index contributed by atoms with van der Waals surface area (Å²) in [5, 5.41) is 18.2. The molecule has 5 heteroatoms. The van der Waals surface area contributed by atoms with E-state index in [0.717, 1.165) is 116 Å². The Balaban J connectivity index is 0.000000125. The minimum Gasteiger partial charge on any atom is -0.455 e. The predicted molar refractivity (Wildman–Crippen MR) is 500 cm³/mol. The van der Waals surface area contributed by atoms with Crippen LogP contribution in [0.15, 0.2) is 462 Å². The van der Waals surface area contributed by atoms with Gasteiger partial charge in [-0.25, -0.2) is 0 Å². The van der Waals surface area contributed by atoms with Crippen molar-refractivity contribution in [1.29, 1.82) is 0 Å². The summed E-state index contributed by atoms with van der Waals surface area (Å²) in [5.74, 6) is 0. The number of nitrogens with one attached hydrogen (secondary N) is 1. The summed E-state index contributed by atoms with van der Waals surface area (Å²) in [5.41, 5.74) is 27.8. The minimum atomic E-state index is 0.901. The number of hydrogen-bond donors (Lipinski definition) is 1. The zero-order valence-corrected chi connectivity index (χ0v) is 65.5. The maximum atomic E-state index is 6.51. The van der Waals surface area contributed by atoms with Crippen molar-refractivity contribution in [3.05, 3.63) is 453 Å². The maximum absolute atomic E-state index is 6.51. The van der Waals surface area contributed by atoms with Crippen LogP contribution in [-0.2, 0) is 0 Å². The SMILES string of the molecule is Brc1ccccc1-c1cccc(-c2cccc3c2oc2ccccc23)c1.c1cc(-c2ccccc2N(c2cccc(-c3cccc4ccccc34)c2)c2ccccc2-c2cccc3ccccc23)cc(-c2cccc3c2oc2ccccc23)c1.c1cc(Nc2ccccc2-c2cccc3ccccc23)cc(-c2cccc3ccccc23)c1. The molecule has 552 valence electrons. The second kappa shape index (κ2) is 31.6. The first-order chi connectivity index (χ1) is 58.0. The second-order valence-electron chi connectivity index (χ2n) is 29.5. The molecule has 0 spiro atoms. The molecule has 20 aromatic carbocycles. The minimum absolute atomic E-state index is 0.901. The molecular formula is C112H75BrN2O2. The van der Waals surface area contributed by atoms with Crippen molar-refractivity contribution in [2.45, 2.75) is 0 Å². The second-order valence-corrected chi connectivity index (χ2v) is 30.3. The predicted octanol–water partition coefficient (Wildman–Crippen LogP) is 32.8. The molecular weight excluding hydrogens is 1490 g/mol. The molecule has 0 saturated carbocycles. The van der Waals surface area contributed by atoms with Gasteiger partial charge in [-0.1, -0.05) is 392 Å². The highest BCUT2D eigenvalue weighted by Gasteiger charge is 2.24. The van der Waals surface area contributed by atoms with Gasteiger partial charge >= 0.3 is 0 Å². The van der Waals surface area contributed by atoms with Gasteiger partial charge in [0.05, 0.1) is 11.4 Å². The van der Waals surface area contributed by atoms with E-state index in [2.05, 4.69) is 445 Å². The van der Waals surface area contributed by atoms with Gasteiger partial charge in [-0.2, -0.15) is 0 Å². The van der Waals surface area contributed by atoms with Crippen molar-refractivity contribution >= 4 is 131 Å². The van der Waals surface area contributed by atoms with Crippen LogP contribution < -0.4 is 10.2 Å². The molecule has 0 unspecified atom stereocenters. The van der Waals surface area contributed by atoms with Crippen molar-refractivity contribution in [3.63, 3.8) is 0 Å². The number of anilines is 5. The summed E-state index contributed by atoms with van der Waals surface area (Å²) in [6.45, 7) is 0. The fourth-order valence-corrected chi connectivity index (χ4v) is 17.5. The highest BCUT2D eigenvalue weighted by Crippen LogP contribution is 2.49. The molecule has 0 aliphatic carbocycles. The Kier molecular flexibility index (Phi) is 19.2. The Morgan fingerprint density at radius 1 is 0.205 bits per heavy atom. The lowest BCUT2D eigenvalue weighted by Gasteiger charge is -2.30. The van der Waals surface area contributed by atoms with Crippen LogP contribution >= 0.6 is 15.9 Å². The van der Waals surface area contributed by atoms with E-state index in [9.17, 15) is 0 Å². The van der Waals surface area contributed by atoms with Crippen LogP contribution in [0.1, 0.15) is 0 Å². The van der Waals surface area contributed by atoms with Gasteiger partial charge < -0.3 is 19.1 Å². The number of hydrogen-bond acceptors (Lipinski definition) is 4. The zero-order valence-electron chi connectivity index (χ0n) is 63.9. The zero-order chi connectivity index (χ0) is 78.0. The molecule has 0 radical (unpaired) electrons. The largest absolute Gasteiger partial charge is 0.455 e. The van der Waals surface area contributed by atoms with E-state index in [1.807, 2.05) is 30.3 Å². The third-order valence-corrected chi connectivity index (χ3v) is 23.2. The van der Waals surface area contributed by atoms with Crippen molar-refractivity contribution in [2.75, 3.05) is 10.2 Å². The van der Waals surface area contributed by atoms with Gasteiger partial charge in [0.1, 0.15) is 22.3 Å². The number of fused-ring (bicyclic) bond motifs is 10. The van der Waals surface area contributed by atoms with Crippen LogP contribution in [-0.4, -0.2) is 0 Å². The smallest absolute Gasteiger partial charge is 0.143 e. The number of benzene rings is 20. The van der Waals surface area contributed by atoms with E-state index in [1.165, 1.54) is 93.2 Å². The van der Waals surface area contributed by atoms with Crippen molar-refractivity contribution < 1.29 is 8.83 Å². The summed E-state index contributed by atoms with van der Waals surface area (Å²) in [7, 11) is 0. The van der Waals surface area contributed by atoms with Gasteiger partial charge in [0.15, 0.2) is 0 Å². The fraction of sp³-hybridized carbons (Fsp3) is 0. The molecule has 0 amide bonds. The van der Waals surface area contributed by atoms with Crippen LogP contribution in [0, 0.1) is 0 Å². The van der Waals surface area contributed by atoms with Gasteiger partial charge in [-0.05, 0) is 177 Å². The molecule has 2 aromatic heterocycles. The molecule has 0 saturated heterocycles. The number of nitrogens with zero attached hydrogens (tertiary/aromatic N) is 1. The molecule has 0 aliphatic rings. The Morgan fingerprint density at radius 2 is 0.521 bits per heavy atom. The van der Waals surface area contributed by atoms with Gasteiger partial charge in [-0.3, -0.25) is 0 Å². The maximum Gasteiger partial charge on any atom is 0.143 e. The van der Waals surface area contributed by atoms with Gasteiger partial charge in [-0.15, -0.1) is 0 Å². The Labute approximate surface area is 687 Å². The molecule has 0 atom stereocenters. The van der Waals surface area contributed by atoms with Gasteiger partial charge in [0.2, 0.25) is 0 Å². The van der Waals surface area contributed by atoms with E-state index in [-0.39, 0.29) is 0 Å². The summed E-state index contributed by atoms with van der Waals surface area (Å²) in [6, 6.07) is 160. The van der Waals surface area contributed by atoms with E-state index in [0.29, 0.717) is 0 Å². The van der Waals surface area contributed by atoms with Crippen molar-refractivity contribution in [1.82, 2.24) is 0 Å². The van der Waals surface area contributed by atoms with E-state index in [4.69, 9.17) is 8.83 Å². The third-order valence-electron chi connectivity index (χ3n) is 22.5. The van der Waals surface area contributed by atoms with Crippen LogP contribution in [0.4, 0.5) is 28.4 Å². The third kappa shape index (κ3) is 13.9. The Hall–Kier alpha value is -14.9. The topological polar surface area (TPSA) is 41.6 Å². The fourth-order valence-electron chi connectivity index (χ4n) is 17.0. The van der Waals surface area contributed by atoms with Crippen LogP contribution in [0.25, 0.3) is 176 Å². The lowest BCUT2D eigenvalue weighted by atomic mass is 9.94. The molecule has 4 nitrogen and oxygen atoms in total. The molecule has 2 heterocycles. The molecule has 0 aliphatic heterocycles. The Morgan fingerprint density at radius 3 is 1.05 bits per heavy atom. The molecule has 117 heavy (non-hydrogen) atoms. The quantitative estimate of drug-likeness (QED) is 0.125. The highest BCUT2D eigenvalue weighted by molar-refractivity contribution is 9.10. The normalized spacial score (nSPS) is 11.3. The van der Waals surface area contributed by atoms with Crippen LogP contribution in [0.3, 0.4) is 0 Å². The van der Waals surface area contributed by atoms with Crippen LogP contribution in [0.2, 0.25) is 0 Å². The first-order valence-electron chi connectivity index (χ1n) is 39.7. The lowest BCUT2D eigenvalue weighted by molar-refractivity contribution is 0.669. The van der Waals surface area contributed by atoms with Gasteiger partial charge in [0, 0.05) is 70.9 Å². The molecule has 0 fully saturated rings.